The largest absolute Gasteiger partial charge is 1.00 e. The Balaban J connectivity index is 0.00000480. The number of aliphatic hydroxyl groups is 1. The first-order valence-electron chi connectivity index (χ1n) is 8.17. The molecule has 2 N–H and O–H groups in total. The Morgan fingerprint density at radius 2 is 1.81 bits per heavy atom. The quantitative estimate of drug-likeness (QED) is 0.104. The van der Waals surface area contributed by atoms with Gasteiger partial charge in [-0.3, -0.25) is 9.83 Å². The van der Waals surface area contributed by atoms with E-state index < -0.39 is 5.91 Å². The molecule has 2 rings (SSSR count). The molecule has 31 heavy (non-hydrogen) atoms. The second-order valence-electron chi connectivity index (χ2n) is 5.49. The maximum atomic E-state index is 12.6. The Morgan fingerprint density at radius 1 is 1.16 bits per heavy atom. The Kier molecular flexibility index (Phi) is 11.9. The SMILES string of the molecule is COc1cc(NC(=O)/C(N=Nc2ccc(SOO[O-])cc2)=C(/C)O)c(OC)cc1Cl.[Na+]. The van der Waals surface area contributed by atoms with Gasteiger partial charge in [0.2, 0.25) is 0 Å². The minimum Gasteiger partial charge on any atom is -0.691 e. The van der Waals surface area contributed by atoms with Crippen LogP contribution in [0.1, 0.15) is 6.92 Å². The number of benzene rings is 2. The Hall–Kier alpha value is -1.83. The van der Waals surface area contributed by atoms with E-state index in [-0.39, 0.29) is 46.7 Å². The smallest absolute Gasteiger partial charge is 0.691 e. The molecule has 0 spiro atoms. The van der Waals surface area contributed by atoms with Gasteiger partial charge in [-0.2, -0.15) is 9.45 Å². The molecule has 0 heterocycles. The van der Waals surface area contributed by atoms with Crippen molar-refractivity contribution in [2.45, 2.75) is 11.8 Å². The molecule has 0 bridgehead atoms. The molecule has 0 aliphatic rings. The number of anilines is 1. The first-order valence-corrected chi connectivity index (χ1v) is 9.29. The zero-order valence-electron chi connectivity index (χ0n) is 17.0. The van der Waals surface area contributed by atoms with Crippen LogP contribution in [-0.4, -0.2) is 25.2 Å². The molecule has 13 heteroatoms. The van der Waals surface area contributed by atoms with Gasteiger partial charge >= 0.3 is 29.6 Å². The number of rotatable bonds is 9. The summed E-state index contributed by atoms with van der Waals surface area (Å²) in [6.45, 7) is 1.30. The summed E-state index contributed by atoms with van der Waals surface area (Å²) in [5.41, 5.74) is 0.340. The average molecular weight is 478 g/mol. The monoisotopic (exact) mass is 477 g/mol. The zero-order valence-corrected chi connectivity index (χ0v) is 20.6. The number of amides is 1. The molecule has 0 aromatic heterocycles. The molecular weight excluding hydrogens is 461 g/mol. The van der Waals surface area contributed by atoms with Gasteiger partial charge in [-0.25, -0.2) is 0 Å². The number of carbonyl (C=O) groups excluding carboxylic acids is 1. The van der Waals surface area contributed by atoms with Crippen molar-refractivity contribution in [2.75, 3.05) is 19.5 Å². The van der Waals surface area contributed by atoms with Crippen molar-refractivity contribution in [3.8, 4) is 11.5 Å². The van der Waals surface area contributed by atoms with Gasteiger partial charge in [0.15, 0.2) is 5.70 Å². The van der Waals surface area contributed by atoms with Gasteiger partial charge in [-0.1, -0.05) is 11.6 Å². The number of nitrogens with zero attached hydrogens (tertiary/aromatic N) is 2. The fourth-order valence-electron chi connectivity index (χ4n) is 2.15. The molecular formula is C18H17ClN3NaO7S. The standard InChI is InChI=1S/C18H18ClN3O7S.Na/c1-10(23)17(22-21-11-4-6-12(7-5-11)30-29-28-25)18(24)20-14-9-15(26-2)13(19)8-16(14)27-3;/h4-9,23,25H,1-3H3,(H,20,24);/q;+1/p-1/b17-10+,22-21?;. The second-order valence-corrected chi connectivity index (χ2v) is 6.67. The van der Waals surface area contributed by atoms with Gasteiger partial charge in [0.25, 0.3) is 5.91 Å². The fraction of sp³-hybridized carbons (Fsp3) is 0.167. The van der Waals surface area contributed by atoms with Crippen molar-refractivity contribution in [3.05, 3.63) is 52.9 Å². The number of azo groups is 1. The molecule has 1 amide bonds. The number of halogens is 1. The van der Waals surface area contributed by atoms with Gasteiger partial charge in [0, 0.05) is 17.0 Å². The van der Waals surface area contributed by atoms with E-state index in [0.717, 1.165) is 12.0 Å². The molecule has 2 aromatic rings. The summed E-state index contributed by atoms with van der Waals surface area (Å²) in [5, 5.41) is 33.6. The third-order valence-corrected chi connectivity index (χ3v) is 4.42. The summed E-state index contributed by atoms with van der Waals surface area (Å²) in [6, 6.07) is 9.28. The molecule has 2 aromatic carbocycles. The van der Waals surface area contributed by atoms with Gasteiger partial charge < -0.3 is 25.2 Å². The molecule has 0 radical (unpaired) electrons. The van der Waals surface area contributed by atoms with E-state index in [2.05, 4.69) is 24.9 Å². The number of hydrogen-bond donors (Lipinski definition) is 2. The van der Waals surface area contributed by atoms with Crippen molar-refractivity contribution in [1.29, 1.82) is 0 Å². The van der Waals surface area contributed by atoms with E-state index in [1.54, 1.807) is 24.3 Å². The van der Waals surface area contributed by atoms with Gasteiger partial charge in [0.05, 0.1) is 42.7 Å². The van der Waals surface area contributed by atoms with Gasteiger partial charge in [-0.05, 0) is 31.2 Å². The molecule has 0 atom stereocenters. The number of nitrogens with one attached hydrogen (secondary N) is 1. The Labute approximate surface area is 209 Å². The summed E-state index contributed by atoms with van der Waals surface area (Å²) in [7, 11) is 2.85. The predicted octanol–water partition coefficient (Wildman–Crippen LogP) is 1.10. The first-order chi connectivity index (χ1) is 14.4. The zero-order chi connectivity index (χ0) is 22.1. The summed E-state index contributed by atoms with van der Waals surface area (Å²) in [5.74, 6) is -0.456. The Bertz CT molecular complexity index is 954. The predicted molar refractivity (Wildman–Crippen MR) is 107 cm³/mol. The van der Waals surface area contributed by atoms with Crippen LogP contribution in [0.2, 0.25) is 5.02 Å². The van der Waals surface area contributed by atoms with Crippen LogP contribution in [0.15, 0.2) is 63.0 Å². The average Bonchev–Trinajstić information content (AvgIpc) is 2.73. The van der Waals surface area contributed by atoms with Crippen LogP contribution in [0, 0.1) is 0 Å². The summed E-state index contributed by atoms with van der Waals surface area (Å²) in [6.07, 6.45) is 0. The first kappa shape index (κ1) is 27.2. The number of hydrogen-bond acceptors (Lipinski definition) is 10. The fourth-order valence-corrected chi connectivity index (χ4v) is 2.74. The van der Waals surface area contributed by atoms with E-state index in [4.69, 9.17) is 21.1 Å². The third kappa shape index (κ3) is 7.98. The topological polar surface area (TPSA) is 134 Å². The van der Waals surface area contributed by atoms with Crippen molar-refractivity contribution >= 4 is 40.9 Å². The molecule has 0 fully saturated rings. The Morgan fingerprint density at radius 3 is 2.35 bits per heavy atom. The molecule has 160 valence electrons. The number of allylic oxidation sites excluding steroid dienone is 1. The number of aliphatic hydroxyl groups excluding tert-OH is 1. The van der Waals surface area contributed by atoms with Gasteiger partial charge in [0.1, 0.15) is 17.3 Å². The molecule has 0 aliphatic carbocycles. The van der Waals surface area contributed by atoms with Crippen LogP contribution in [0.25, 0.3) is 0 Å². The van der Waals surface area contributed by atoms with Crippen LogP contribution in [-0.2, 0) is 14.2 Å². The van der Waals surface area contributed by atoms with Crippen LogP contribution in [0.5, 0.6) is 11.5 Å². The van der Waals surface area contributed by atoms with Crippen molar-refractivity contribution in [3.63, 3.8) is 0 Å². The summed E-state index contributed by atoms with van der Waals surface area (Å²) in [4.78, 5) is 13.2. The van der Waals surface area contributed by atoms with Crippen molar-refractivity contribution in [1.82, 2.24) is 0 Å². The van der Waals surface area contributed by atoms with E-state index in [0.29, 0.717) is 27.1 Å². The molecule has 0 aliphatic heterocycles. The van der Waals surface area contributed by atoms with E-state index in [1.807, 2.05) is 0 Å². The maximum absolute atomic E-state index is 12.6. The minimum atomic E-state index is -0.727. The van der Waals surface area contributed by atoms with Crippen molar-refractivity contribution in [2.24, 2.45) is 10.2 Å². The molecule has 0 unspecified atom stereocenters. The minimum absolute atomic E-state index is 0. The van der Waals surface area contributed by atoms with Crippen LogP contribution in [0.3, 0.4) is 0 Å². The van der Waals surface area contributed by atoms with Crippen molar-refractivity contribution < 1.29 is 63.6 Å². The summed E-state index contributed by atoms with van der Waals surface area (Å²) >= 11 is 6.77. The summed E-state index contributed by atoms with van der Waals surface area (Å²) < 4.78 is 14.5. The second kappa shape index (κ2) is 13.6. The van der Waals surface area contributed by atoms with Crippen LogP contribution < -0.4 is 49.6 Å². The van der Waals surface area contributed by atoms with E-state index in [1.165, 1.54) is 33.3 Å². The van der Waals surface area contributed by atoms with E-state index >= 15 is 0 Å². The van der Waals surface area contributed by atoms with Gasteiger partial charge in [-0.15, -0.1) is 5.11 Å². The number of ether oxygens (including phenoxy) is 2. The van der Waals surface area contributed by atoms with Crippen LogP contribution >= 0.6 is 23.6 Å². The third-order valence-electron chi connectivity index (χ3n) is 3.54. The van der Waals surface area contributed by atoms with Crippen LogP contribution in [0.4, 0.5) is 11.4 Å². The maximum Gasteiger partial charge on any atom is 1.00 e. The van der Waals surface area contributed by atoms with E-state index in [9.17, 15) is 15.2 Å². The molecule has 10 nitrogen and oxygen atoms in total. The number of carbonyl (C=O) groups is 1. The normalized spacial score (nSPS) is 11.5. The molecule has 0 saturated carbocycles. The number of methoxy groups -OCH3 is 2. The molecule has 0 saturated heterocycles.